The van der Waals surface area contributed by atoms with Crippen molar-refractivity contribution in [3.8, 4) is 11.5 Å². The van der Waals surface area contributed by atoms with E-state index in [9.17, 15) is 0 Å². The summed E-state index contributed by atoms with van der Waals surface area (Å²) in [4.78, 5) is 3.97. The number of benzene rings is 1. The molecule has 0 aliphatic rings. The molecule has 0 unspecified atom stereocenters. The van der Waals surface area contributed by atoms with Gasteiger partial charge in [-0.2, -0.15) is 0 Å². The Morgan fingerprint density at radius 3 is 2.82 bits per heavy atom. The highest BCUT2D eigenvalue weighted by Gasteiger charge is 2.09. The molecule has 22 heavy (non-hydrogen) atoms. The number of hydrogen-bond donors (Lipinski definition) is 1. The Labute approximate surface area is 130 Å². The maximum atomic E-state index is 5.62. The van der Waals surface area contributed by atoms with E-state index in [4.69, 9.17) is 4.42 Å². The lowest BCUT2D eigenvalue weighted by Gasteiger charge is -2.00. The number of hydrogen-bond acceptors (Lipinski definition) is 6. The molecule has 108 valence electrons. The quantitative estimate of drug-likeness (QED) is 0.618. The Bertz CT molecular complexity index is 901. The molecule has 0 bridgehead atoms. The monoisotopic (exact) mass is 308 g/mol. The minimum atomic E-state index is 0.419. The highest BCUT2D eigenvalue weighted by molar-refractivity contribution is 7.17. The molecule has 3 heterocycles. The van der Waals surface area contributed by atoms with Gasteiger partial charge in [0.2, 0.25) is 5.89 Å². The average molecular weight is 308 g/mol. The van der Waals surface area contributed by atoms with E-state index in [0.717, 1.165) is 5.56 Å². The highest BCUT2D eigenvalue weighted by Crippen LogP contribution is 2.26. The van der Waals surface area contributed by atoms with Crippen molar-refractivity contribution in [3.05, 3.63) is 59.7 Å². The van der Waals surface area contributed by atoms with E-state index >= 15 is 0 Å². The van der Waals surface area contributed by atoms with Gasteiger partial charge in [-0.05, 0) is 34.5 Å². The second-order valence-electron chi connectivity index (χ2n) is 4.76. The Balaban J connectivity index is 1.52. The lowest BCUT2D eigenvalue weighted by Crippen LogP contribution is -1.98. The van der Waals surface area contributed by atoms with Crippen LogP contribution < -0.4 is 5.32 Å². The van der Waals surface area contributed by atoms with Crippen molar-refractivity contribution >= 4 is 27.4 Å². The number of nitrogens with zero attached hydrogens (tertiary/aromatic N) is 3. The first-order valence-corrected chi connectivity index (χ1v) is 7.71. The number of thiophene rings is 1. The normalized spacial score (nSPS) is 10.9. The van der Waals surface area contributed by atoms with Crippen LogP contribution in [0.15, 0.2) is 58.6 Å². The van der Waals surface area contributed by atoms with Gasteiger partial charge in [0.1, 0.15) is 0 Å². The van der Waals surface area contributed by atoms with Crippen LogP contribution in [0.4, 0.5) is 6.01 Å². The molecular formula is C16H12N4OS. The van der Waals surface area contributed by atoms with Gasteiger partial charge in [0.15, 0.2) is 0 Å². The van der Waals surface area contributed by atoms with Crippen LogP contribution in [-0.2, 0) is 6.54 Å². The summed E-state index contributed by atoms with van der Waals surface area (Å²) in [7, 11) is 0. The molecule has 4 rings (SSSR count). The summed E-state index contributed by atoms with van der Waals surface area (Å²) >= 11 is 1.74. The van der Waals surface area contributed by atoms with Crippen LogP contribution in [0.1, 0.15) is 5.56 Å². The molecule has 0 amide bonds. The van der Waals surface area contributed by atoms with E-state index in [2.05, 4.69) is 44.1 Å². The maximum absolute atomic E-state index is 5.62. The summed E-state index contributed by atoms with van der Waals surface area (Å²) in [6, 6.07) is 12.4. The lowest BCUT2D eigenvalue weighted by atomic mass is 10.2. The van der Waals surface area contributed by atoms with Gasteiger partial charge < -0.3 is 9.73 Å². The molecule has 0 aliphatic heterocycles. The van der Waals surface area contributed by atoms with E-state index < -0.39 is 0 Å². The molecule has 3 aromatic heterocycles. The fraction of sp³-hybridized carbons (Fsp3) is 0.0625. The summed E-state index contributed by atoms with van der Waals surface area (Å²) in [5.41, 5.74) is 2.08. The molecule has 1 N–H and O–H groups in total. The zero-order chi connectivity index (χ0) is 14.8. The molecule has 6 heteroatoms. The zero-order valence-corrected chi connectivity index (χ0v) is 12.4. The summed E-state index contributed by atoms with van der Waals surface area (Å²) in [6.45, 7) is 0.655. The summed E-state index contributed by atoms with van der Waals surface area (Å²) < 4.78 is 6.90. The first-order valence-electron chi connectivity index (χ1n) is 6.83. The first kappa shape index (κ1) is 13.0. The van der Waals surface area contributed by atoms with E-state index in [1.165, 1.54) is 15.6 Å². The van der Waals surface area contributed by atoms with Crippen molar-refractivity contribution in [2.24, 2.45) is 0 Å². The fourth-order valence-electron chi connectivity index (χ4n) is 2.25. The lowest BCUT2D eigenvalue weighted by molar-refractivity contribution is 0.581. The fourth-order valence-corrected chi connectivity index (χ4v) is 3.21. The van der Waals surface area contributed by atoms with Crippen LogP contribution >= 0.6 is 11.3 Å². The van der Waals surface area contributed by atoms with E-state index in [0.29, 0.717) is 18.5 Å². The van der Waals surface area contributed by atoms with Crippen LogP contribution in [-0.4, -0.2) is 15.2 Å². The van der Waals surface area contributed by atoms with Gasteiger partial charge in [-0.1, -0.05) is 23.3 Å². The van der Waals surface area contributed by atoms with Gasteiger partial charge in [-0.25, -0.2) is 0 Å². The summed E-state index contributed by atoms with van der Waals surface area (Å²) in [6.07, 6.45) is 3.40. The Kier molecular flexibility index (Phi) is 3.29. The van der Waals surface area contributed by atoms with E-state index in [1.807, 2.05) is 18.2 Å². The number of anilines is 1. The Hall–Kier alpha value is -2.73. The first-order chi connectivity index (χ1) is 10.9. The van der Waals surface area contributed by atoms with Crippen molar-refractivity contribution in [1.82, 2.24) is 15.2 Å². The van der Waals surface area contributed by atoms with Gasteiger partial charge in [0, 0.05) is 29.2 Å². The SMILES string of the molecule is c1ccc2c(CNc3nnc(-c4ccncc4)o3)csc2c1. The summed E-state index contributed by atoms with van der Waals surface area (Å²) in [5, 5.41) is 14.7. The molecule has 0 fully saturated rings. The number of rotatable bonds is 4. The zero-order valence-electron chi connectivity index (χ0n) is 11.6. The molecule has 0 spiro atoms. The predicted octanol–water partition coefficient (Wildman–Crippen LogP) is 3.96. The molecule has 5 nitrogen and oxygen atoms in total. The van der Waals surface area contributed by atoms with Crippen LogP contribution in [0.3, 0.4) is 0 Å². The van der Waals surface area contributed by atoms with Gasteiger partial charge in [0.25, 0.3) is 0 Å². The van der Waals surface area contributed by atoms with E-state index in [-0.39, 0.29) is 0 Å². The van der Waals surface area contributed by atoms with Crippen molar-refractivity contribution in [1.29, 1.82) is 0 Å². The number of fused-ring (bicyclic) bond motifs is 1. The van der Waals surface area contributed by atoms with Gasteiger partial charge in [-0.3, -0.25) is 4.98 Å². The van der Waals surface area contributed by atoms with Crippen molar-refractivity contribution in [3.63, 3.8) is 0 Å². The third kappa shape index (κ3) is 2.44. The third-order valence-electron chi connectivity index (χ3n) is 3.34. The topological polar surface area (TPSA) is 63.8 Å². The van der Waals surface area contributed by atoms with E-state index in [1.54, 1.807) is 23.7 Å². The number of aromatic nitrogens is 3. The molecule has 0 radical (unpaired) electrons. The minimum absolute atomic E-state index is 0.419. The largest absolute Gasteiger partial charge is 0.403 e. The Morgan fingerprint density at radius 2 is 1.91 bits per heavy atom. The molecule has 4 aromatic rings. The van der Waals surface area contributed by atoms with Gasteiger partial charge in [-0.15, -0.1) is 16.4 Å². The Morgan fingerprint density at radius 1 is 1.05 bits per heavy atom. The van der Waals surface area contributed by atoms with Crippen LogP contribution in [0.5, 0.6) is 0 Å². The van der Waals surface area contributed by atoms with Gasteiger partial charge in [0.05, 0.1) is 0 Å². The van der Waals surface area contributed by atoms with Crippen molar-refractivity contribution in [2.75, 3.05) is 5.32 Å². The second-order valence-corrected chi connectivity index (χ2v) is 5.67. The van der Waals surface area contributed by atoms with Crippen molar-refractivity contribution < 1.29 is 4.42 Å². The molecule has 0 saturated carbocycles. The predicted molar refractivity (Wildman–Crippen MR) is 86.7 cm³/mol. The molecule has 0 aliphatic carbocycles. The smallest absolute Gasteiger partial charge is 0.316 e. The van der Waals surface area contributed by atoms with Crippen molar-refractivity contribution in [2.45, 2.75) is 6.54 Å². The molecule has 0 atom stereocenters. The average Bonchev–Trinajstić information content (AvgIpc) is 3.21. The standard InChI is InChI=1S/C16H12N4OS/c1-2-4-14-13(3-1)12(10-22-14)9-18-16-20-19-15(21-16)11-5-7-17-8-6-11/h1-8,10H,9H2,(H,18,20). The van der Waals surface area contributed by atoms with Crippen LogP contribution in [0, 0.1) is 0 Å². The van der Waals surface area contributed by atoms with Crippen LogP contribution in [0.25, 0.3) is 21.5 Å². The molecular weight excluding hydrogens is 296 g/mol. The van der Waals surface area contributed by atoms with Crippen LogP contribution in [0.2, 0.25) is 0 Å². The highest BCUT2D eigenvalue weighted by atomic mass is 32.1. The third-order valence-corrected chi connectivity index (χ3v) is 4.36. The summed E-state index contributed by atoms with van der Waals surface area (Å²) in [5.74, 6) is 0.486. The maximum Gasteiger partial charge on any atom is 0.316 e. The number of pyridine rings is 1. The minimum Gasteiger partial charge on any atom is -0.403 e. The molecule has 1 aromatic carbocycles. The second kappa shape index (κ2) is 5.57. The molecule has 0 saturated heterocycles. The number of nitrogens with one attached hydrogen (secondary N) is 1. The van der Waals surface area contributed by atoms with Gasteiger partial charge >= 0.3 is 6.01 Å².